The molecule has 3 heterocycles. The lowest BCUT2D eigenvalue weighted by atomic mass is 9.87. The van der Waals surface area contributed by atoms with Crippen LogP contribution in [0.2, 0.25) is 0 Å². The van der Waals surface area contributed by atoms with E-state index in [-0.39, 0.29) is 115 Å². The number of ketones is 4. The first kappa shape index (κ1) is 80.8. The molecular formula is C69H94N10O19S2. The molecule has 1 aromatic heterocycles. The molecule has 6 rings (SSSR count). The van der Waals surface area contributed by atoms with Gasteiger partial charge in [-0.2, -0.15) is 0 Å². The molecule has 0 radical (unpaired) electrons. The van der Waals surface area contributed by atoms with Crippen molar-refractivity contribution in [1.82, 2.24) is 45.9 Å². The van der Waals surface area contributed by atoms with Crippen molar-refractivity contribution in [3.05, 3.63) is 102 Å². The molecule has 4 aromatic rings. The van der Waals surface area contributed by atoms with Crippen LogP contribution in [-0.4, -0.2) is 255 Å². The number of benzene rings is 3. The lowest BCUT2D eigenvalue weighted by Crippen LogP contribution is -2.51. The summed E-state index contributed by atoms with van der Waals surface area (Å²) in [5, 5.41) is 63.9. The summed E-state index contributed by atoms with van der Waals surface area (Å²) in [5.41, 5.74) is 8.33. The number of H-pyrrole nitrogens is 1. The number of fused-ring (bicyclic) bond motifs is 1. The van der Waals surface area contributed by atoms with E-state index in [0.29, 0.717) is 55.6 Å². The minimum Gasteiger partial charge on any atom is -0.508 e. The number of para-hydroxylation sites is 1. The van der Waals surface area contributed by atoms with Gasteiger partial charge < -0.3 is 67.0 Å². The van der Waals surface area contributed by atoms with Crippen molar-refractivity contribution in [2.75, 3.05) is 97.0 Å². The predicted molar refractivity (Wildman–Crippen MR) is 371 cm³/mol. The fourth-order valence-corrected chi connectivity index (χ4v) is 14.4. The van der Waals surface area contributed by atoms with Crippen LogP contribution in [0.15, 0.2) is 85.1 Å². The summed E-state index contributed by atoms with van der Waals surface area (Å²) < 4.78 is 10.1. The molecule has 12 N–H and O–H groups in total. The third kappa shape index (κ3) is 27.1. The quantitative estimate of drug-likeness (QED) is 0.0198. The van der Waals surface area contributed by atoms with E-state index < -0.39 is 144 Å². The molecular weight excluding hydrogens is 1340 g/mol. The van der Waals surface area contributed by atoms with Crippen molar-refractivity contribution in [3.63, 3.8) is 0 Å². The molecule has 0 saturated carbocycles. The number of nitrogens with zero attached hydrogens (tertiary/aromatic N) is 4. The molecule has 2 fully saturated rings. The molecule has 4 amide bonds. The molecule has 0 aliphatic carbocycles. The zero-order chi connectivity index (χ0) is 72.7. The molecule has 0 unspecified atom stereocenters. The zero-order valence-corrected chi connectivity index (χ0v) is 58.0. The van der Waals surface area contributed by atoms with Gasteiger partial charge in [0.05, 0.1) is 67.2 Å². The third-order valence-electron chi connectivity index (χ3n) is 17.8. The van der Waals surface area contributed by atoms with Gasteiger partial charge in [0.15, 0.2) is 23.1 Å². The topological polar surface area (TPSA) is 427 Å². The number of carboxylic acids is 2. The van der Waals surface area contributed by atoms with E-state index in [4.69, 9.17) is 15.2 Å². The van der Waals surface area contributed by atoms with Gasteiger partial charge in [-0.05, 0) is 93.8 Å². The smallest absolute Gasteiger partial charge is 0.317 e. The molecule has 2 aliphatic heterocycles. The molecule has 31 heteroatoms. The number of rotatable bonds is 30. The highest BCUT2D eigenvalue weighted by molar-refractivity contribution is 8.76. The van der Waals surface area contributed by atoms with E-state index in [9.17, 15) is 63.9 Å². The Kier molecular flexibility index (Phi) is 34.1. The predicted octanol–water partition coefficient (Wildman–Crippen LogP) is 1.08. The summed E-state index contributed by atoms with van der Waals surface area (Å²) in [6, 6.07) is 16.3. The zero-order valence-electron chi connectivity index (χ0n) is 56.3. The Morgan fingerprint density at radius 1 is 0.670 bits per heavy atom. The second-order valence-electron chi connectivity index (χ2n) is 25.4. The monoisotopic (exact) mass is 1430 g/mol. The first-order valence-electron chi connectivity index (χ1n) is 33.4. The van der Waals surface area contributed by atoms with Crippen molar-refractivity contribution in [1.29, 1.82) is 0 Å². The van der Waals surface area contributed by atoms with Crippen LogP contribution in [0.4, 0.5) is 0 Å². The van der Waals surface area contributed by atoms with Gasteiger partial charge in [0.25, 0.3) is 12.9 Å². The number of unbranched alkanes of at least 4 members (excludes halogenated alkanes) is 1. The molecule has 10 atom stereocenters. The van der Waals surface area contributed by atoms with Crippen LogP contribution in [0.25, 0.3) is 10.9 Å². The Bertz CT molecular complexity index is 3360. The van der Waals surface area contributed by atoms with Gasteiger partial charge in [0.1, 0.15) is 19.2 Å². The molecule has 546 valence electrons. The van der Waals surface area contributed by atoms with Gasteiger partial charge in [-0.15, -0.1) is 0 Å². The summed E-state index contributed by atoms with van der Waals surface area (Å²) in [4.78, 5) is 176. The number of Topliss-reactive ketones (excluding diaryl/α,β-unsaturated/α-hetero) is 4. The van der Waals surface area contributed by atoms with Crippen molar-refractivity contribution in [3.8, 4) is 5.75 Å². The summed E-state index contributed by atoms with van der Waals surface area (Å²) in [6.45, 7) is 4.26. The maximum atomic E-state index is 15.4. The normalized spacial score (nSPS) is 22.0. The highest BCUT2D eigenvalue weighted by Crippen LogP contribution is 2.30. The number of phenols is 1. The molecule has 29 nitrogen and oxygen atoms in total. The van der Waals surface area contributed by atoms with Crippen molar-refractivity contribution >= 4 is 104 Å². The van der Waals surface area contributed by atoms with E-state index >= 15 is 19.2 Å². The number of hydrogen-bond acceptors (Lipinski definition) is 24. The van der Waals surface area contributed by atoms with Crippen molar-refractivity contribution < 1.29 is 92.5 Å². The fraction of sp³-hybridized carbons (Fsp3) is 0.536. The first-order valence-corrected chi connectivity index (χ1v) is 35.9. The number of carboxylic acid groups (broad SMARTS) is 2. The average Bonchev–Trinajstić information content (AvgIpc) is 1.56. The van der Waals surface area contributed by atoms with Gasteiger partial charge in [-0.25, -0.2) is 0 Å². The highest BCUT2D eigenvalue weighted by Gasteiger charge is 2.38. The van der Waals surface area contributed by atoms with Crippen LogP contribution >= 0.6 is 21.6 Å². The number of aliphatic hydroxyl groups is 2. The number of aromatic nitrogens is 1. The third-order valence-corrected chi connectivity index (χ3v) is 20.3. The number of aliphatic carboxylic acids is 2. The molecule has 0 bridgehead atoms. The summed E-state index contributed by atoms with van der Waals surface area (Å²) >= 11 is 0. The minimum absolute atomic E-state index is 0.0270. The molecule has 2 aliphatic rings. The van der Waals surface area contributed by atoms with Crippen molar-refractivity contribution in [2.45, 2.75) is 114 Å². The van der Waals surface area contributed by atoms with Gasteiger partial charge in [-0.3, -0.25) is 77.1 Å². The number of nitrogens with one attached hydrogen (secondary N) is 5. The Morgan fingerprint density at radius 2 is 1.25 bits per heavy atom. The standard InChI is InChI=1S/C69H94N10O19S2/c1-44(82)53-33-62(87)56(14-8-9-19-70)73-66(92)48(30-49-35-71-55-13-7-6-12-52(49)55)31-60(85)58(29-47-15-17-51(84)18-16-47)74-67(93)50(38-99-100-39-59(75-68(53)94)63(88)34-54(45(2)83)69(95)96)32-61(86)57(28-46-10-4-3-5-11-46)72-64(89)36-76-20-21-77(37-65(90)91)23-25-79(41-98-43-81)27-26-78(24-22-76)40-97-42-80/h3-7,10-13,15-18,35,42-45,48,50,53-54,56-59,71,82-84H,8-9,14,19-34,36-41,70H2,1-2H3,(H,72,89)(H,73,92)(H,74,93)(H,75,94)(H,90,91)(H,95,96)/t44-,45-,48+,50+,53+,54+,56+,57-,58+,59+/m1/s1. The Labute approximate surface area is 588 Å². The number of nitrogens with two attached hydrogens (primary N) is 1. The van der Waals surface area contributed by atoms with E-state index in [1.165, 1.54) is 26.0 Å². The lowest BCUT2D eigenvalue weighted by molar-refractivity contribution is -0.148. The summed E-state index contributed by atoms with van der Waals surface area (Å²) in [5.74, 6) is -14.9. The van der Waals surface area contributed by atoms with Crippen LogP contribution in [-0.2, 0) is 86.3 Å². The molecule has 100 heavy (non-hydrogen) atoms. The number of aliphatic hydroxyl groups excluding tert-OH is 2. The summed E-state index contributed by atoms with van der Waals surface area (Å²) in [6.07, 6.45) is -3.41. The fourth-order valence-electron chi connectivity index (χ4n) is 11.9. The number of aromatic amines is 1. The SMILES string of the molecule is C[C@@H](O)[C@H](CC(=O)[C@@H]1CSSC[C@H](CC(=O)[C@@H](Cc2ccccc2)NC(=O)CN2CCN(COC=O)CCN(COC=O)CCN(CC(=O)O)CC2)C(=O)N[C@@H](Cc2ccc(O)cc2)C(=O)C[C@H](Cc2c[nH]c3ccccc23)C(=O)N[C@@H](CCCCN)C(=O)C[C@@H]([C@@H](C)O)C(=O)N1)C(=O)O. The maximum absolute atomic E-state index is 15.4. The summed E-state index contributed by atoms with van der Waals surface area (Å²) in [7, 11) is 1.92. The van der Waals surface area contributed by atoms with Crippen LogP contribution in [0.1, 0.15) is 75.5 Å². The van der Waals surface area contributed by atoms with E-state index in [1.54, 1.807) is 74.3 Å². The number of ether oxygens (including phenoxy) is 2. The number of phenolic OH excluding ortho intramolecular Hbond substituents is 1. The number of aromatic hydroxyl groups is 1. The Hall–Kier alpha value is -8.14. The van der Waals surface area contributed by atoms with Crippen LogP contribution in [0.5, 0.6) is 5.75 Å². The number of hydrogen-bond donors (Lipinski definition) is 11. The number of carbonyl (C=O) groups is 12. The van der Waals surface area contributed by atoms with Crippen molar-refractivity contribution in [2.24, 2.45) is 29.4 Å². The number of amides is 4. The van der Waals surface area contributed by atoms with Gasteiger partial charge >= 0.3 is 11.9 Å². The Morgan fingerprint density at radius 3 is 1.85 bits per heavy atom. The molecule has 0 spiro atoms. The molecule has 3 aromatic carbocycles. The van der Waals surface area contributed by atoms with Gasteiger partial charge in [0.2, 0.25) is 23.6 Å². The van der Waals surface area contributed by atoms with Gasteiger partial charge in [-0.1, -0.05) is 82.3 Å². The maximum Gasteiger partial charge on any atom is 0.317 e. The van der Waals surface area contributed by atoms with E-state index in [1.807, 2.05) is 18.2 Å². The number of carbonyl (C=O) groups excluding carboxylic acids is 10. The van der Waals surface area contributed by atoms with Crippen LogP contribution in [0, 0.1) is 23.7 Å². The Balaban J connectivity index is 1.41. The van der Waals surface area contributed by atoms with Gasteiger partial charge in [0, 0.05) is 113 Å². The van der Waals surface area contributed by atoms with Crippen LogP contribution in [0.3, 0.4) is 0 Å². The lowest BCUT2D eigenvalue weighted by Gasteiger charge is -2.33. The first-order chi connectivity index (χ1) is 47.9. The average molecular weight is 1430 g/mol. The largest absolute Gasteiger partial charge is 0.508 e. The second kappa shape index (κ2) is 42.2. The van der Waals surface area contributed by atoms with E-state index in [2.05, 4.69) is 26.3 Å². The molecule has 2 saturated heterocycles. The highest BCUT2D eigenvalue weighted by atomic mass is 33.1. The van der Waals surface area contributed by atoms with E-state index in [0.717, 1.165) is 32.5 Å². The second-order valence-corrected chi connectivity index (χ2v) is 27.9. The van der Waals surface area contributed by atoms with Crippen LogP contribution < -0.4 is 27.0 Å². The minimum atomic E-state index is -1.62.